The van der Waals surface area contributed by atoms with Crippen molar-refractivity contribution in [3.05, 3.63) is 106 Å². The monoisotopic (exact) mass is 490 g/mol. The lowest BCUT2D eigenvalue weighted by molar-refractivity contribution is -0.123. The number of nitrogens with zero attached hydrogens (tertiary/aromatic N) is 1. The van der Waals surface area contributed by atoms with E-state index in [0.29, 0.717) is 18.7 Å². The fourth-order valence-electron chi connectivity index (χ4n) is 4.82. The smallest absolute Gasteiger partial charge is 0.150 e. The van der Waals surface area contributed by atoms with E-state index < -0.39 is 0 Å². The van der Waals surface area contributed by atoms with Crippen LogP contribution in [0.25, 0.3) is 0 Å². The second-order valence-electron chi connectivity index (χ2n) is 9.63. The third-order valence-electron chi connectivity index (χ3n) is 6.92. The first kappa shape index (κ1) is 25.6. The zero-order valence-electron chi connectivity index (χ0n) is 20.4. The van der Waals surface area contributed by atoms with E-state index >= 15 is 0 Å². The number of halogens is 1. The van der Waals surface area contributed by atoms with Crippen molar-refractivity contribution in [2.45, 2.75) is 64.4 Å². The molecule has 184 valence electrons. The molecule has 35 heavy (non-hydrogen) atoms. The molecule has 1 aliphatic heterocycles. The second kappa shape index (κ2) is 12.5. The number of carbonyl (C=O) groups is 1. The molecular weight excluding hydrogens is 456 g/mol. The van der Waals surface area contributed by atoms with Gasteiger partial charge in [-0.1, -0.05) is 83.9 Å². The minimum Gasteiger partial charge on any atom is -0.392 e. The standard InChI is InChI=1S/C30H35ClN2O2/c1-22-9-11-23(12-10-22)5-4-8-30(35)29-17-27(32-18-24-13-15-25(21-34)16-14-24)20-33(29)19-26-6-2-3-7-28(26)31/h2-3,6-7,9-16,27,29,32,34H,4-5,8,17-21H2,1H3/t27-,29-/m0/s1. The minimum absolute atomic E-state index is 0.0566. The van der Waals surface area contributed by atoms with E-state index in [1.807, 2.05) is 48.5 Å². The van der Waals surface area contributed by atoms with E-state index in [2.05, 4.69) is 41.4 Å². The van der Waals surface area contributed by atoms with Crippen LogP contribution >= 0.6 is 11.6 Å². The lowest BCUT2D eigenvalue weighted by atomic mass is 10.00. The molecule has 0 radical (unpaired) electrons. The van der Waals surface area contributed by atoms with Gasteiger partial charge >= 0.3 is 0 Å². The quantitative estimate of drug-likeness (QED) is 0.374. The van der Waals surface area contributed by atoms with E-state index in [9.17, 15) is 9.90 Å². The van der Waals surface area contributed by atoms with Gasteiger partial charge in [-0.05, 0) is 54.5 Å². The first-order chi connectivity index (χ1) is 17.0. The van der Waals surface area contributed by atoms with E-state index in [4.69, 9.17) is 11.6 Å². The molecule has 3 aromatic carbocycles. The highest BCUT2D eigenvalue weighted by Gasteiger charge is 2.36. The Bertz CT molecular complexity index is 1100. The van der Waals surface area contributed by atoms with Gasteiger partial charge < -0.3 is 10.4 Å². The molecule has 4 rings (SSSR count). The van der Waals surface area contributed by atoms with Crippen molar-refractivity contribution < 1.29 is 9.90 Å². The summed E-state index contributed by atoms with van der Waals surface area (Å²) in [7, 11) is 0. The molecule has 0 aromatic heterocycles. The number of Topliss-reactive ketones (excluding diaryl/α,β-unsaturated/α-hetero) is 1. The number of hydrogen-bond donors (Lipinski definition) is 2. The Balaban J connectivity index is 1.37. The normalized spacial score (nSPS) is 18.1. The molecule has 1 saturated heterocycles. The van der Waals surface area contributed by atoms with Crippen LogP contribution in [0.5, 0.6) is 0 Å². The molecule has 0 saturated carbocycles. The number of likely N-dealkylation sites (tertiary alicyclic amines) is 1. The highest BCUT2D eigenvalue weighted by molar-refractivity contribution is 6.31. The van der Waals surface area contributed by atoms with Gasteiger partial charge in [-0.25, -0.2) is 0 Å². The molecule has 2 atom stereocenters. The predicted molar refractivity (Wildman–Crippen MR) is 142 cm³/mol. The molecule has 3 aromatic rings. The zero-order valence-corrected chi connectivity index (χ0v) is 21.2. The highest BCUT2D eigenvalue weighted by Crippen LogP contribution is 2.26. The molecule has 1 aliphatic rings. The topological polar surface area (TPSA) is 52.6 Å². The predicted octanol–water partition coefficient (Wildman–Crippen LogP) is 5.47. The van der Waals surface area contributed by atoms with Crippen LogP contribution in [0, 0.1) is 6.92 Å². The molecule has 1 fully saturated rings. The van der Waals surface area contributed by atoms with Crippen molar-refractivity contribution in [3.8, 4) is 0 Å². The van der Waals surface area contributed by atoms with Gasteiger partial charge in [-0.15, -0.1) is 0 Å². The lowest BCUT2D eigenvalue weighted by Crippen LogP contribution is -2.36. The summed E-state index contributed by atoms with van der Waals surface area (Å²) in [5.74, 6) is 0.320. The minimum atomic E-state index is -0.0986. The molecule has 0 aliphatic carbocycles. The van der Waals surface area contributed by atoms with E-state index in [1.54, 1.807) is 0 Å². The molecule has 0 unspecified atom stereocenters. The Morgan fingerprint density at radius 3 is 2.40 bits per heavy atom. The summed E-state index contributed by atoms with van der Waals surface area (Å²) < 4.78 is 0. The Morgan fingerprint density at radius 2 is 1.69 bits per heavy atom. The maximum atomic E-state index is 13.3. The summed E-state index contributed by atoms with van der Waals surface area (Å²) in [6, 6.07) is 24.6. The Morgan fingerprint density at radius 1 is 1.00 bits per heavy atom. The van der Waals surface area contributed by atoms with Crippen LogP contribution in [-0.2, 0) is 30.9 Å². The number of benzene rings is 3. The summed E-state index contributed by atoms with van der Waals surface area (Å²) in [4.78, 5) is 15.6. The second-order valence-corrected chi connectivity index (χ2v) is 10.0. The number of nitrogens with one attached hydrogen (secondary N) is 1. The van der Waals surface area contributed by atoms with Crippen molar-refractivity contribution in [1.29, 1.82) is 0 Å². The third kappa shape index (κ3) is 7.25. The average molecular weight is 491 g/mol. The third-order valence-corrected chi connectivity index (χ3v) is 7.28. The first-order valence-corrected chi connectivity index (χ1v) is 12.9. The maximum Gasteiger partial charge on any atom is 0.150 e. The van der Waals surface area contributed by atoms with Crippen LogP contribution in [0.1, 0.15) is 47.1 Å². The van der Waals surface area contributed by atoms with Gasteiger partial charge in [0.1, 0.15) is 5.78 Å². The van der Waals surface area contributed by atoms with E-state index in [1.165, 1.54) is 16.7 Å². The van der Waals surface area contributed by atoms with Crippen LogP contribution in [0.2, 0.25) is 5.02 Å². The average Bonchev–Trinajstić information content (AvgIpc) is 3.28. The summed E-state index contributed by atoms with van der Waals surface area (Å²) in [6.07, 6.45) is 3.19. The lowest BCUT2D eigenvalue weighted by Gasteiger charge is -2.24. The Hall–Kier alpha value is -2.50. The number of aliphatic hydroxyl groups is 1. The molecular formula is C30H35ClN2O2. The molecule has 1 heterocycles. The van der Waals surface area contributed by atoms with Gasteiger partial charge in [-0.2, -0.15) is 0 Å². The number of aryl methyl sites for hydroxylation is 2. The van der Waals surface area contributed by atoms with Gasteiger partial charge in [0.2, 0.25) is 0 Å². The Kier molecular flexibility index (Phi) is 9.11. The van der Waals surface area contributed by atoms with Crippen LogP contribution in [-0.4, -0.2) is 34.4 Å². The fourth-order valence-corrected chi connectivity index (χ4v) is 5.01. The van der Waals surface area contributed by atoms with Crippen LogP contribution in [0.4, 0.5) is 0 Å². The van der Waals surface area contributed by atoms with Crippen molar-refractivity contribution in [2.75, 3.05) is 6.54 Å². The number of hydrogen-bond acceptors (Lipinski definition) is 4. The summed E-state index contributed by atoms with van der Waals surface area (Å²) in [6.45, 7) is 4.38. The summed E-state index contributed by atoms with van der Waals surface area (Å²) in [5.41, 5.74) is 5.69. The molecule has 0 bridgehead atoms. The number of carbonyl (C=O) groups excluding carboxylic acids is 1. The first-order valence-electron chi connectivity index (χ1n) is 12.5. The van der Waals surface area contributed by atoms with Gasteiger partial charge in [0.15, 0.2) is 0 Å². The van der Waals surface area contributed by atoms with Crippen molar-refractivity contribution in [2.24, 2.45) is 0 Å². The molecule has 0 spiro atoms. The van der Waals surface area contributed by atoms with Gasteiger partial charge in [0, 0.05) is 37.1 Å². The number of ketones is 1. The van der Waals surface area contributed by atoms with Crippen molar-refractivity contribution in [1.82, 2.24) is 10.2 Å². The van der Waals surface area contributed by atoms with E-state index in [-0.39, 0.29) is 18.7 Å². The van der Waals surface area contributed by atoms with Gasteiger partial charge in [-0.3, -0.25) is 9.69 Å². The zero-order chi connectivity index (χ0) is 24.6. The van der Waals surface area contributed by atoms with E-state index in [0.717, 1.165) is 48.5 Å². The van der Waals surface area contributed by atoms with Crippen molar-refractivity contribution >= 4 is 17.4 Å². The van der Waals surface area contributed by atoms with Crippen molar-refractivity contribution in [3.63, 3.8) is 0 Å². The van der Waals surface area contributed by atoms with Gasteiger partial charge in [0.25, 0.3) is 0 Å². The SMILES string of the molecule is Cc1ccc(CCCC(=O)[C@@H]2C[C@H](NCc3ccc(CO)cc3)CN2Cc2ccccc2Cl)cc1. The highest BCUT2D eigenvalue weighted by atomic mass is 35.5. The maximum absolute atomic E-state index is 13.3. The number of aliphatic hydroxyl groups excluding tert-OH is 1. The van der Waals surface area contributed by atoms with Crippen LogP contribution < -0.4 is 5.32 Å². The molecule has 5 heteroatoms. The fraction of sp³-hybridized carbons (Fsp3) is 0.367. The van der Waals surface area contributed by atoms with Crippen LogP contribution in [0.3, 0.4) is 0 Å². The molecule has 4 nitrogen and oxygen atoms in total. The van der Waals surface area contributed by atoms with Crippen LogP contribution in [0.15, 0.2) is 72.8 Å². The number of rotatable bonds is 11. The molecule has 0 amide bonds. The largest absolute Gasteiger partial charge is 0.392 e. The van der Waals surface area contributed by atoms with Gasteiger partial charge in [0.05, 0.1) is 12.6 Å². The molecule has 2 N–H and O–H groups in total. The summed E-state index contributed by atoms with van der Waals surface area (Å²) in [5, 5.41) is 13.7. The Labute approximate surface area is 213 Å². The summed E-state index contributed by atoms with van der Waals surface area (Å²) >= 11 is 6.45.